The molecule has 2 nitrogen and oxygen atoms in total. The van der Waals surface area contributed by atoms with Crippen molar-refractivity contribution in [3.63, 3.8) is 0 Å². The molecule has 0 aliphatic rings. The Morgan fingerprint density at radius 3 is 2.56 bits per heavy atom. The number of alkyl halides is 3. The molecule has 16 heavy (non-hydrogen) atoms. The number of rotatable bonds is 4. The van der Waals surface area contributed by atoms with Gasteiger partial charge in [0.15, 0.2) is 0 Å². The molecule has 0 aliphatic carbocycles. The molecule has 1 aromatic rings. The summed E-state index contributed by atoms with van der Waals surface area (Å²) in [7, 11) is 0. The largest absolute Gasteiger partial charge is 0.446 e. The summed E-state index contributed by atoms with van der Waals surface area (Å²) in [6, 6.07) is 6.25. The van der Waals surface area contributed by atoms with Crippen molar-refractivity contribution in [2.24, 2.45) is 5.73 Å². The number of anilines is 1. The zero-order valence-electron chi connectivity index (χ0n) is 8.71. The Kier molecular flexibility index (Phi) is 4.49. The zero-order chi connectivity index (χ0) is 12.2. The maximum atomic E-state index is 12.3. The van der Waals surface area contributed by atoms with Crippen molar-refractivity contribution in [3.05, 3.63) is 24.3 Å². The van der Waals surface area contributed by atoms with Gasteiger partial charge in [0.1, 0.15) is 0 Å². The van der Waals surface area contributed by atoms with Gasteiger partial charge in [-0.3, -0.25) is 0 Å². The summed E-state index contributed by atoms with van der Waals surface area (Å²) in [4.78, 5) is 0.162. The fourth-order valence-corrected chi connectivity index (χ4v) is 1.76. The molecule has 1 aromatic carbocycles. The van der Waals surface area contributed by atoms with Crippen LogP contribution in [0.5, 0.6) is 0 Å². The first kappa shape index (κ1) is 13.2. The van der Waals surface area contributed by atoms with Crippen LogP contribution in [0.4, 0.5) is 18.9 Å². The molecule has 6 heteroatoms. The van der Waals surface area contributed by atoms with Crippen molar-refractivity contribution in [2.45, 2.75) is 23.4 Å². The minimum absolute atomic E-state index is 0.0602. The average molecular weight is 250 g/mol. The highest BCUT2D eigenvalue weighted by Crippen LogP contribution is 2.40. The molecule has 0 saturated carbocycles. The first-order valence-corrected chi connectivity index (χ1v) is 5.55. The van der Waals surface area contributed by atoms with E-state index in [4.69, 9.17) is 5.73 Å². The molecule has 1 rings (SSSR count). The van der Waals surface area contributed by atoms with Crippen LogP contribution in [0.3, 0.4) is 0 Å². The van der Waals surface area contributed by atoms with E-state index in [9.17, 15) is 13.2 Å². The predicted molar refractivity (Wildman–Crippen MR) is 60.5 cm³/mol. The molecule has 3 N–H and O–H groups in total. The van der Waals surface area contributed by atoms with E-state index >= 15 is 0 Å². The van der Waals surface area contributed by atoms with E-state index in [1.807, 2.05) is 6.92 Å². The molecule has 1 unspecified atom stereocenters. The highest BCUT2D eigenvalue weighted by Gasteiger charge is 2.30. The Hall–Kier alpha value is -0.880. The van der Waals surface area contributed by atoms with Crippen LogP contribution in [-0.2, 0) is 0 Å². The molecular weight excluding hydrogens is 237 g/mol. The van der Waals surface area contributed by atoms with Crippen molar-refractivity contribution in [1.82, 2.24) is 0 Å². The van der Waals surface area contributed by atoms with Gasteiger partial charge in [-0.05, 0) is 30.8 Å². The number of para-hydroxylation sites is 1. The monoisotopic (exact) mass is 250 g/mol. The number of thioether (sulfide) groups is 1. The molecule has 0 aliphatic heterocycles. The van der Waals surface area contributed by atoms with Crippen LogP contribution in [0.1, 0.15) is 6.92 Å². The Balaban J connectivity index is 2.83. The number of halogens is 3. The van der Waals surface area contributed by atoms with Gasteiger partial charge in [-0.15, -0.1) is 0 Å². The molecule has 0 radical (unpaired) electrons. The number of hydrogen-bond donors (Lipinski definition) is 2. The lowest BCUT2D eigenvalue weighted by atomic mass is 10.2. The third kappa shape index (κ3) is 4.32. The van der Waals surface area contributed by atoms with Crippen LogP contribution in [0.25, 0.3) is 0 Å². The lowest BCUT2D eigenvalue weighted by Gasteiger charge is -2.16. The summed E-state index contributed by atoms with van der Waals surface area (Å²) in [5.74, 6) is 0. The highest BCUT2D eigenvalue weighted by molar-refractivity contribution is 8.00. The highest BCUT2D eigenvalue weighted by atomic mass is 32.2. The van der Waals surface area contributed by atoms with E-state index in [2.05, 4.69) is 5.32 Å². The predicted octanol–water partition coefficient (Wildman–Crippen LogP) is 3.06. The quantitative estimate of drug-likeness (QED) is 0.806. The first-order valence-electron chi connectivity index (χ1n) is 4.74. The van der Waals surface area contributed by atoms with Crippen LogP contribution >= 0.6 is 11.8 Å². The van der Waals surface area contributed by atoms with Crippen LogP contribution < -0.4 is 11.1 Å². The van der Waals surface area contributed by atoms with Crippen LogP contribution in [0.2, 0.25) is 0 Å². The van der Waals surface area contributed by atoms with E-state index in [1.165, 1.54) is 6.07 Å². The fourth-order valence-electron chi connectivity index (χ4n) is 1.12. The van der Waals surface area contributed by atoms with Crippen molar-refractivity contribution in [2.75, 3.05) is 11.9 Å². The third-order valence-electron chi connectivity index (χ3n) is 1.87. The van der Waals surface area contributed by atoms with E-state index < -0.39 is 5.51 Å². The molecule has 0 bridgehead atoms. The molecule has 0 amide bonds. The second kappa shape index (κ2) is 5.45. The van der Waals surface area contributed by atoms with Crippen LogP contribution in [0.15, 0.2) is 29.2 Å². The molecule has 0 aromatic heterocycles. The normalized spacial score (nSPS) is 13.6. The molecule has 0 heterocycles. The molecule has 0 spiro atoms. The summed E-state index contributed by atoms with van der Waals surface area (Å²) in [5, 5.41) is 2.94. The van der Waals surface area contributed by atoms with E-state index in [-0.39, 0.29) is 22.7 Å². The van der Waals surface area contributed by atoms with Gasteiger partial charge in [0.05, 0.1) is 0 Å². The van der Waals surface area contributed by atoms with Crippen molar-refractivity contribution < 1.29 is 13.2 Å². The van der Waals surface area contributed by atoms with Gasteiger partial charge in [0, 0.05) is 23.2 Å². The summed E-state index contributed by atoms with van der Waals surface area (Å²) in [6.45, 7) is 2.18. The Morgan fingerprint density at radius 2 is 2.00 bits per heavy atom. The van der Waals surface area contributed by atoms with Crippen molar-refractivity contribution >= 4 is 17.4 Å². The van der Waals surface area contributed by atoms with E-state index in [0.29, 0.717) is 12.2 Å². The summed E-state index contributed by atoms with van der Waals surface area (Å²) in [5.41, 5.74) is 1.59. The molecule has 0 saturated heterocycles. The summed E-state index contributed by atoms with van der Waals surface area (Å²) in [6.07, 6.45) is 0. The third-order valence-corrected chi connectivity index (χ3v) is 2.68. The van der Waals surface area contributed by atoms with Crippen LogP contribution in [-0.4, -0.2) is 18.1 Å². The fraction of sp³-hybridized carbons (Fsp3) is 0.400. The standard InChI is InChI=1S/C10H13F3N2S/c1-7(6-14)15-8-4-2-3-5-9(8)16-10(11,12)13/h2-5,7,15H,6,14H2,1H3. The van der Waals surface area contributed by atoms with Crippen LogP contribution in [0, 0.1) is 0 Å². The van der Waals surface area contributed by atoms with Gasteiger partial charge in [0.25, 0.3) is 0 Å². The zero-order valence-corrected chi connectivity index (χ0v) is 9.53. The molecule has 0 fully saturated rings. The average Bonchev–Trinajstić information content (AvgIpc) is 2.18. The summed E-state index contributed by atoms with van der Waals surface area (Å²) < 4.78 is 36.8. The Labute approximate surface area is 96.4 Å². The van der Waals surface area contributed by atoms with Gasteiger partial charge >= 0.3 is 5.51 Å². The lowest BCUT2D eigenvalue weighted by molar-refractivity contribution is -0.0327. The lowest BCUT2D eigenvalue weighted by Crippen LogP contribution is -2.25. The SMILES string of the molecule is CC(CN)Nc1ccccc1SC(F)(F)F. The van der Waals surface area contributed by atoms with Gasteiger partial charge in [0.2, 0.25) is 0 Å². The Morgan fingerprint density at radius 1 is 1.38 bits per heavy atom. The van der Waals surface area contributed by atoms with Gasteiger partial charge < -0.3 is 11.1 Å². The molecule has 90 valence electrons. The minimum Gasteiger partial charge on any atom is -0.380 e. The number of benzene rings is 1. The minimum atomic E-state index is -4.27. The second-order valence-electron chi connectivity index (χ2n) is 3.33. The number of nitrogens with two attached hydrogens (primary N) is 1. The first-order chi connectivity index (χ1) is 7.42. The van der Waals surface area contributed by atoms with E-state index in [0.717, 1.165) is 0 Å². The van der Waals surface area contributed by atoms with Gasteiger partial charge in [-0.25, -0.2) is 0 Å². The number of nitrogens with one attached hydrogen (secondary N) is 1. The smallest absolute Gasteiger partial charge is 0.380 e. The summed E-state index contributed by atoms with van der Waals surface area (Å²) >= 11 is -0.123. The maximum Gasteiger partial charge on any atom is 0.446 e. The molecule has 1 atom stereocenters. The molecular formula is C10H13F3N2S. The topological polar surface area (TPSA) is 38.0 Å². The maximum absolute atomic E-state index is 12.3. The number of hydrogen-bond acceptors (Lipinski definition) is 3. The van der Waals surface area contributed by atoms with Crippen molar-refractivity contribution in [3.8, 4) is 0 Å². The second-order valence-corrected chi connectivity index (χ2v) is 4.43. The van der Waals surface area contributed by atoms with Gasteiger partial charge in [-0.1, -0.05) is 12.1 Å². The van der Waals surface area contributed by atoms with E-state index in [1.54, 1.807) is 18.2 Å². The Bertz CT molecular complexity index is 341. The van der Waals surface area contributed by atoms with Gasteiger partial charge in [-0.2, -0.15) is 13.2 Å². The van der Waals surface area contributed by atoms with Crippen molar-refractivity contribution in [1.29, 1.82) is 0 Å².